The average molecular weight is 342 g/mol. The molecular formula is C17H16ClN5O. The van der Waals surface area contributed by atoms with Gasteiger partial charge in [0.2, 0.25) is 5.89 Å². The van der Waals surface area contributed by atoms with E-state index in [4.69, 9.17) is 16.0 Å². The molecule has 1 aliphatic heterocycles. The van der Waals surface area contributed by atoms with E-state index in [1.807, 2.05) is 12.1 Å². The highest BCUT2D eigenvalue weighted by Gasteiger charge is 2.30. The fraction of sp³-hybridized carbons (Fsp3) is 0.294. The van der Waals surface area contributed by atoms with Gasteiger partial charge in [-0.1, -0.05) is 23.7 Å². The number of hydrogen-bond donors (Lipinski definition) is 0. The first-order valence-electron chi connectivity index (χ1n) is 7.88. The molecule has 0 saturated carbocycles. The van der Waals surface area contributed by atoms with Crippen molar-refractivity contribution in [2.24, 2.45) is 0 Å². The third kappa shape index (κ3) is 3.16. The molecule has 1 saturated heterocycles. The van der Waals surface area contributed by atoms with Gasteiger partial charge in [-0.15, -0.1) is 10.2 Å². The Morgan fingerprint density at radius 2 is 2.04 bits per heavy atom. The van der Waals surface area contributed by atoms with Crippen LogP contribution < -0.4 is 0 Å². The first-order chi connectivity index (χ1) is 11.8. The van der Waals surface area contributed by atoms with Crippen molar-refractivity contribution in [1.82, 2.24) is 25.1 Å². The number of likely N-dealkylation sites (tertiary alicyclic amines) is 1. The summed E-state index contributed by atoms with van der Waals surface area (Å²) >= 11 is 5.96. The number of benzene rings is 1. The molecule has 1 fully saturated rings. The lowest BCUT2D eigenvalue weighted by molar-refractivity contribution is 0.215. The molecule has 24 heavy (non-hydrogen) atoms. The molecule has 0 radical (unpaired) electrons. The second-order valence-corrected chi connectivity index (χ2v) is 6.23. The van der Waals surface area contributed by atoms with Gasteiger partial charge in [-0.2, -0.15) is 0 Å². The number of nitrogens with zero attached hydrogens (tertiary/aromatic N) is 5. The number of hydrogen-bond acceptors (Lipinski definition) is 6. The summed E-state index contributed by atoms with van der Waals surface area (Å²) in [5.41, 5.74) is 1.82. The Balaban J connectivity index is 1.52. The smallest absolute Gasteiger partial charge is 0.267 e. The summed E-state index contributed by atoms with van der Waals surface area (Å²) in [6.45, 7) is 1.85. The van der Waals surface area contributed by atoms with Crippen molar-refractivity contribution in [1.29, 1.82) is 0 Å². The van der Waals surface area contributed by atoms with Gasteiger partial charge in [0.05, 0.1) is 12.2 Å². The maximum absolute atomic E-state index is 5.96. The molecule has 1 atom stereocenters. The van der Waals surface area contributed by atoms with E-state index < -0.39 is 0 Å². The summed E-state index contributed by atoms with van der Waals surface area (Å²) in [7, 11) is 0. The minimum atomic E-state index is 0.138. The van der Waals surface area contributed by atoms with Crippen molar-refractivity contribution in [3.05, 3.63) is 59.3 Å². The largest absolute Gasteiger partial charge is 0.417 e. The van der Waals surface area contributed by atoms with Crippen molar-refractivity contribution in [2.45, 2.75) is 25.4 Å². The van der Waals surface area contributed by atoms with E-state index in [9.17, 15) is 0 Å². The van der Waals surface area contributed by atoms with Crippen LogP contribution in [0, 0.1) is 0 Å². The number of rotatable bonds is 4. The lowest BCUT2D eigenvalue weighted by Gasteiger charge is -2.21. The fourth-order valence-corrected chi connectivity index (χ4v) is 3.13. The molecule has 7 heteroatoms. The molecule has 1 aromatic carbocycles. The zero-order valence-electron chi connectivity index (χ0n) is 13.0. The van der Waals surface area contributed by atoms with E-state index in [0.29, 0.717) is 17.5 Å². The normalized spacial score (nSPS) is 18.1. The zero-order chi connectivity index (χ0) is 16.4. The topological polar surface area (TPSA) is 67.9 Å². The molecule has 6 nitrogen and oxygen atoms in total. The fourth-order valence-electron chi connectivity index (χ4n) is 3.00. The standard InChI is InChI=1S/C17H16ClN5O/c18-13-5-3-12(4-6-13)11-23-9-1-2-15(23)17-22-21-16(24-17)14-10-19-7-8-20-14/h3-8,10,15H,1-2,9,11H2/t15-/m0/s1. The molecule has 3 heterocycles. The van der Waals surface area contributed by atoms with Gasteiger partial charge in [0, 0.05) is 24.0 Å². The van der Waals surface area contributed by atoms with Crippen molar-refractivity contribution >= 4 is 11.6 Å². The highest BCUT2D eigenvalue weighted by Crippen LogP contribution is 2.33. The summed E-state index contributed by atoms with van der Waals surface area (Å²) < 4.78 is 5.85. The van der Waals surface area contributed by atoms with Gasteiger partial charge in [0.15, 0.2) is 0 Å². The van der Waals surface area contributed by atoms with Gasteiger partial charge in [0.25, 0.3) is 5.89 Å². The highest BCUT2D eigenvalue weighted by molar-refractivity contribution is 6.30. The monoisotopic (exact) mass is 341 g/mol. The molecule has 0 unspecified atom stereocenters. The van der Waals surface area contributed by atoms with Crippen LogP contribution in [0.2, 0.25) is 5.02 Å². The van der Waals surface area contributed by atoms with Crippen molar-refractivity contribution in [3.8, 4) is 11.6 Å². The van der Waals surface area contributed by atoms with E-state index in [1.165, 1.54) is 5.56 Å². The van der Waals surface area contributed by atoms with Crippen LogP contribution in [0.3, 0.4) is 0 Å². The maximum atomic E-state index is 5.96. The van der Waals surface area contributed by atoms with E-state index in [-0.39, 0.29) is 6.04 Å². The van der Waals surface area contributed by atoms with Crippen LogP contribution in [0.15, 0.2) is 47.3 Å². The van der Waals surface area contributed by atoms with Crippen LogP contribution in [0.4, 0.5) is 0 Å². The quantitative estimate of drug-likeness (QED) is 0.723. The Bertz CT molecular complexity index is 805. The lowest BCUT2D eigenvalue weighted by atomic mass is 10.2. The van der Waals surface area contributed by atoms with Gasteiger partial charge < -0.3 is 4.42 Å². The van der Waals surface area contributed by atoms with Gasteiger partial charge in [-0.05, 0) is 37.1 Å². The predicted molar refractivity (Wildman–Crippen MR) is 89.2 cm³/mol. The molecule has 4 rings (SSSR count). The highest BCUT2D eigenvalue weighted by atomic mass is 35.5. The van der Waals surface area contributed by atoms with Crippen LogP contribution in [-0.4, -0.2) is 31.6 Å². The van der Waals surface area contributed by atoms with Crippen LogP contribution in [-0.2, 0) is 6.54 Å². The van der Waals surface area contributed by atoms with Crippen molar-refractivity contribution in [3.63, 3.8) is 0 Å². The minimum absolute atomic E-state index is 0.138. The third-order valence-electron chi connectivity index (χ3n) is 4.17. The lowest BCUT2D eigenvalue weighted by Crippen LogP contribution is -2.23. The Labute approximate surface area is 144 Å². The number of aromatic nitrogens is 4. The molecule has 2 aromatic heterocycles. The zero-order valence-corrected chi connectivity index (χ0v) is 13.7. The van der Waals surface area contributed by atoms with E-state index in [1.54, 1.807) is 18.6 Å². The predicted octanol–water partition coefficient (Wildman–Crippen LogP) is 3.52. The summed E-state index contributed by atoms with van der Waals surface area (Å²) in [4.78, 5) is 10.6. The molecule has 3 aromatic rings. The van der Waals surface area contributed by atoms with Gasteiger partial charge in [-0.3, -0.25) is 9.88 Å². The first kappa shape index (κ1) is 15.2. The first-order valence-corrected chi connectivity index (χ1v) is 8.26. The van der Waals surface area contributed by atoms with Crippen LogP contribution in [0.25, 0.3) is 11.6 Å². The van der Waals surface area contributed by atoms with E-state index in [0.717, 1.165) is 31.0 Å². The second-order valence-electron chi connectivity index (χ2n) is 5.79. The summed E-state index contributed by atoms with van der Waals surface area (Å²) in [5, 5.41) is 9.11. The van der Waals surface area contributed by atoms with Crippen molar-refractivity contribution in [2.75, 3.05) is 6.54 Å². The molecule has 1 aliphatic rings. The summed E-state index contributed by atoms with van der Waals surface area (Å²) in [6.07, 6.45) is 6.97. The average Bonchev–Trinajstić information content (AvgIpc) is 3.27. The Kier molecular flexibility index (Phi) is 4.23. The van der Waals surface area contributed by atoms with E-state index >= 15 is 0 Å². The van der Waals surface area contributed by atoms with Gasteiger partial charge >= 0.3 is 0 Å². The Morgan fingerprint density at radius 3 is 2.83 bits per heavy atom. The molecule has 0 bridgehead atoms. The second kappa shape index (κ2) is 6.67. The number of halogens is 1. The SMILES string of the molecule is Clc1ccc(CN2CCC[C@H]2c2nnc(-c3cnccn3)o2)cc1. The van der Waals surface area contributed by atoms with Gasteiger partial charge in [0.1, 0.15) is 5.69 Å². The molecule has 0 aliphatic carbocycles. The van der Waals surface area contributed by atoms with E-state index in [2.05, 4.69) is 37.2 Å². The molecular weight excluding hydrogens is 326 g/mol. The van der Waals surface area contributed by atoms with Crippen LogP contribution >= 0.6 is 11.6 Å². The summed E-state index contributed by atoms with van der Waals surface area (Å²) in [5.74, 6) is 1.05. The molecule has 0 N–H and O–H groups in total. The summed E-state index contributed by atoms with van der Waals surface area (Å²) in [6, 6.07) is 8.08. The third-order valence-corrected chi connectivity index (χ3v) is 4.42. The van der Waals surface area contributed by atoms with Crippen LogP contribution in [0.1, 0.15) is 30.3 Å². The van der Waals surface area contributed by atoms with Gasteiger partial charge in [-0.25, -0.2) is 4.98 Å². The molecule has 0 spiro atoms. The molecule has 122 valence electrons. The van der Waals surface area contributed by atoms with Crippen LogP contribution in [0.5, 0.6) is 0 Å². The molecule has 0 amide bonds. The van der Waals surface area contributed by atoms with Crippen molar-refractivity contribution < 1.29 is 4.42 Å². The Hall–Kier alpha value is -2.31. The Morgan fingerprint density at radius 1 is 1.17 bits per heavy atom. The maximum Gasteiger partial charge on any atom is 0.267 e. The minimum Gasteiger partial charge on any atom is -0.417 e.